The van der Waals surface area contributed by atoms with Gasteiger partial charge in [-0.05, 0) is 18.4 Å². The van der Waals surface area contributed by atoms with E-state index in [1.165, 1.54) is 11.3 Å². The molecule has 126 valence electrons. The fourth-order valence-corrected chi connectivity index (χ4v) is 3.25. The van der Waals surface area contributed by atoms with Gasteiger partial charge in [0.05, 0.1) is 0 Å². The summed E-state index contributed by atoms with van der Waals surface area (Å²) in [6.45, 7) is 1.71. The summed E-state index contributed by atoms with van der Waals surface area (Å²) >= 11 is 1.41. The van der Waals surface area contributed by atoms with Crippen LogP contribution in [0.5, 0.6) is 0 Å². The molecular formula is C17H20N4O2S. The van der Waals surface area contributed by atoms with Crippen LogP contribution in [-0.4, -0.2) is 34.9 Å². The fraction of sp³-hybridized carbons (Fsp3) is 0.353. The van der Waals surface area contributed by atoms with Gasteiger partial charge in [0.1, 0.15) is 0 Å². The third-order valence-electron chi connectivity index (χ3n) is 4.10. The van der Waals surface area contributed by atoms with E-state index in [0.29, 0.717) is 37.6 Å². The SMILES string of the molecule is O=C(Nc1nccs1)C1CCN(C(=O)NCc2ccccc2)CC1. The average Bonchev–Trinajstić information content (AvgIpc) is 3.13. The molecular weight excluding hydrogens is 324 g/mol. The van der Waals surface area contributed by atoms with Crippen LogP contribution < -0.4 is 10.6 Å². The lowest BCUT2D eigenvalue weighted by Gasteiger charge is -2.31. The Morgan fingerprint density at radius 1 is 1.21 bits per heavy atom. The number of carbonyl (C=O) groups is 2. The molecule has 3 amide bonds. The molecule has 3 rings (SSSR count). The fourth-order valence-electron chi connectivity index (χ4n) is 2.72. The molecule has 0 unspecified atom stereocenters. The van der Waals surface area contributed by atoms with Crippen molar-refractivity contribution in [3.63, 3.8) is 0 Å². The van der Waals surface area contributed by atoms with Crippen molar-refractivity contribution < 1.29 is 9.59 Å². The number of aromatic nitrogens is 1. The minimum Gasteiger partial charge on any atom is -0.334 e. The van der Waals surface area contributed by atoms with Gasteiger partial charge in [0.15, 0.2) is 5.13 Å². The second kappa shape index (κ2) is 7.92. The highest BCUT2D eigenvalue weighted by Gasteiger charge is 2.27. The van der Waals surface area contributed by atoms with Gasteiger partial charge >= 0.3 is 6.03 Å². The van der Waals surface area contributed by atoms with Crippen molar-refractivity contribution in [2.24, 2.45) is 5.92 Å². The zero-order valence-electron chi connectivity index (χ0n) is 13.3. The highest BCUT2D eigenvalue weighted by molar-refractivity contribution is 7.13. The summed E-state index contributed by atoms with van der Waals surface area (Å²) in [6.07, 6.45) is 3.02. The van der Waals surface area contributed by atoms with Gasteiger partial charge in [-0.3, -0.25) is 4.79 Å². The van der Waals surface area contributed by atoms with Crippen molar-refractivity contribution in [3.8, 4) is 0 Å². The van der Waals surface area contributed by atoms with Gasteiger partial charge in [-0.15, -0.1) is 11.3 Å². The minimum atomic E-state index is -0.0716. The van der Waals surface area contributed by atoms with Gasteiger partial charge < -0.3 is 15.5 Å². The summed E-state index contributed by atoms with van der Waals surface area (Å²) in [5.41, 5.74) is 1.07. The first-order valence-corrected chi connectivity index (χ1v) is 8.87. The highest BCUT2D eigenvalue weighted by atomic mass is 32.1. The number of carbonyl (C=O) groups excluding carboxylic acids is 2. The standard InChI is InChI=1S/C17H20N4O2S/c22-15(20-16-18-8-11-24-16)14-6-9-21(10-7-14)17(23)19-12-13-4-2-1-3-5-13/h1-5,8,11,14H,6-7,9-10,12H2,(H,19,23)(H,18,20,22). The number of piperidine rings is 1. The molecule has 0 radical (unpaired) electrons. The summed E-state index contributed by atoms with van der Waals surface area (Å²) < 4.78 is 0. The third kappa shape index (κ3) is 4.32. The summed E-state index contributed by atoms with van der Waals surface area (Å²) in [6, 6.07) is 9.75. The van der Waals surface area contributed by atoms with Crippen LogP contribution >= 0.6 is 11.3 Å². The van der Waals surface area contributed by atoms with Crippen molar-refractivity contribution >= 4 is 28.4 Å². The van der Waals surface area contributed by atoms with E-state index in [2.05, 4.69) is 15.6 Å². The van der Waals surface area contributed by atoms with E-state index >= 15 is 0 Å². The molecule has 0 atom stereocenters. The molecule has 2 N–H and O–H groups in total. The number of thiazole rings is 1. The molecule has 1 aliphatic rings. The molecule has 2 heterocycles. The van der Waals surface area contributed by atoms with E-state index in [1.54, 1.807) is 11.1 Å². The van der Waals surface area contributed by atoms with Gasteiger partial charge in [-0.1, -0.05) is 30.3 Å². The number of urea groups is 1. The molecule has 6 nitrogen and oxygen atoms in total. The molecule has 7 heteroatoms. The van der Waals surface area contributed by atoms with Crippen LogP contribution in [0.15, 0.2) is 41.9 Å². The lowest BCUT2D eigenvalue weighted by Crippen LogP contribution is -2.45. The van der Waals surface area contributed by atoms with Crippen molar-refractivity contribution in [1.29, 1.82) is 0 Å². The lowest BCUT2D eigenvalue weighted by atomic mass is 9.96. The second-order valence-electron chi connectivity index (χ2n) is 5.73. The van der Waals surface area contributed by atoms with Crippen LogP contribution in [0.25, 0.3) is 0 Å². The Hall–Kier alpha value is -2.41. The number of likely N-dealkylation sites (tertiary alicyclic amines) is 1. The van der Waals surface area contributed by atoms with Crippen molar-refractivity contribution in [1.82, 2.24) is 15.2 Å². The molecule has 0 saturated carbocycles. The van der Waals surface area contributed by atoms with E-state index in [4.69, 9.17) is 0 Å². The van der Waals surface area contributed by atoms with Crippen LogP contribution in [0.1, 0.15) is 18.4 Å². The first-order valence-electron chi connectivity index (χ1n) is 7.99. The second-order valence-corrected chi connectivity index (χ2v) is 6.63. The van der Waals surface area contributed by atoms with E-state index in [1.807, 2.05) is 35.7 Å². The molecule has 2 aromatic rings. The largest absolute Gasteiger partial charge is 0.334 e. The zero-order valence-corrected chi connectivity index (χ0v) is 14.1. The van der Waals surface area contributed by atoms with E-state index in [9.17, 15) is 9.59 Å². The van der Waals surface area contributed by atoms with Gasteiger partial charge in [-0.2, -0.15) is 0 Å². The number of nitrogens with one attached hydrogen (secondary N) is 2. The lowest BCUT2D eigenvalue weighted by molar-refractivity contribution is -0.121. The van der Waals surface area contributed by atoms with Gasteiger partial charge in [0, 0.05) is 37.1 Å². The Bertz CT molecular complexity index is 667. The van der Waals surface area contributed by atoms with Crippen LogP contribution in [0.2, 0.25) is 0 Å². The normalized spacial score (nSPS) is 15.1. The van der Waals surface area contributed by atoms with Crippen LogP contribution in [0.3, 0.4) is 0 Å². The number of hydrogen-bond donors (Lipinski definition) is 2. The maximum Gasteiger partial charge on any atom is 0.317 e. The molecule has 0 aliphatic carbocycles. The highest BCUT2D eigenvalue weighted by Crippen LogP contribution is 2.20. The number of anilines is 1. The number of nitrogens with zero attached hydrogens (tertiary/aromatic N) is 2. The molecule has 24 heavy (non-hydrogen) atoms. The Morgan fingerprint density at radius 2 is 1.96 bits per heavy atom. The van der Waals surface area contributed by atoms with E-state index < -0.39 is 0 Å². The number of amides is 3. The van der Waals surface area contributed by atoms with E-state index in [0.717, 1.165) is 5.56 Å². The monoisotopic (exact) mass is 344 g/mol. The molecule has 1 fully saturated rings. The minimum absolute atomic E-state index is 0.00528. The summed E-state index contributed by atoms with van der Waals surface area (Å²) in [4.78, 5) is 30.2. The maximum atomic E-state index is 12.2. The third-order valence-corrected chi connectivity index (χ3v) is 4.79. The van der Waals surface area contributed by atoms with Crippen molar-refractivity contribution in [2.45, 2.75) is 19.4 Å². The predicted molar refractivity (Wildman–Crippen MR) is 93.7 cm³/mol. The van der Waals surface area contributed by atoms with Gasteiger partial charge in [0.2, 0.25) is 5.91 Å². The van der Waals surface area contributed by atoms with Crippen LogP contribution in [0.4, 0.5) is 9.93 Å². The van der Waals surface area contributed by atoms with Crippen LogP contribution in [-0.2, 0) is 11.3 Å². The van der Waals surface area contributed by atoms with Gasteiger partial charge in [-0.25, -0.2) is 9.78 Å². The first kappa shape index (κ1) is 16.4. The smallest absolute Gasteiger partial charge is 0.317 e. The summed E-state index contributed by atoms with van der Waals surface area (Å²) in [5.74, 6) is -0.0682. The average molecular weight is 344 g/mol. The predicted octanol–water partition coefficient (Wildman–Crippen LogP) is 2.70. The Balaban J connectivity index is 1.42. The molecule has 0 bridgehead atoms. The topological polar surface area (TPSA) is 74.3 Å². The maximum absolute atomic E-state index is 12.2. The van der Waals surface area contributed by atoms with Crippen molar-refractivity contribution in [3.05, 3.63) is 47.5 Å². The number of rotatable bonds is 4. The summed E-state index contributed by atoms with van der Waals surface area (Å²) in [7, 11) is 0. The van der Waals surface area contributed by atoms with Crippen LogP contribution in [0, 0.1) is 5.92 Å². The number of hydrogen-bond acceptors (Lipinski definition) is 4. The van der Waals surface area contributed by atoms with E-state index in [-0.39, 0.29) is 17.9 Å². The molecule has 1 aromatic carbocycles. The summed E-state index contributed by atoms with van der Waals surface area (Å²) in [5, 5.41) is 8.22. The molecule has 0 spiro atoms. The Morgan fingerprint density at radius 3 is 2.62 bits per heavy atom. The first-order chi connectivity index (χ1) is 11.7. The quantitative estimate of drug-likeness (QED) is 0.895. The molecule has 1 aliphatic heterocycles. The van der Waals surface area contributed by atoms with Gasteiger partial charge in [0.25, 0.3) is 0 Å². The van der Waals surface area contributed by atoms with Crippen molar-refractivity contribution in [2.75, 3.05) is 18.4 Å². The molecule has 1 aromatic heterocycles. The molecule has 1 saturated heterocycles. The number of benzene rings is 1. The zero-order chi connectivity index (χ0) is 16.8. The Kier molecular flexibility index (Phi) is 5.43. The Labute approximate surface area is 144 Å².